The summed E-state index contributed by atoms with van der Waals surface area (Å²) in [7, 11) is -9.71. The number of carbonyl (C=O) groups excluding carboxylic acids is 2. The van der Waals surface area contributed by atoms with Crippen LogP contribution in [0.3, 0.4) is 0 Å². The third-order valence-electron chi connectivity index (χ3n) is 8.23. The van der Waals surface area contributed by atoms with Gasteiger partial charge in [-0.2, -0.15) is 0 Å². The van der Waals surface area contributed by atoms with Crippen LogP contribution in [0, 0.1) is 5.92 Å². The van der Waals surface area contributed by atoms with Crippen LogP contribution < -0.4 is 0 Å². The Morgan fingerprint density at radius 1 is 0.649 bits per heavy atom. The molecule has 57 heavy (non-hydrogen) atoms. The number of carbonyl (C=O) groups is 2. The summed E-state index contributed by atoms with van der Waals surface area (Å²) in [6, 6.07) is 0. The lowest BCUT2D eigenvalue weighted by Gasteiger charge is -2.20. The predicted molar refractivity (Wildman–Crippen MR) is 222 cm³/mol. The van der Waals surface area contributed by atoms with Crippen molar-refractivity contribution in [2.75, 3.05) is 26.4 Å². The number of allylic oxidation sites excluding steroid dienone is 10. The molecule has 16 heteroatoms. The predicted octanol–water partition coefficient (Wildman–Crippen LogP) is 8.66. The summed E-state index contributed by atoms with van der Waals surface area (Å²) in [5.41, 5.74) is 0. The monoisotopic (exact) mass is 848 g/mol. The summed E-state index contributed by atoms with van der Waals surface area (Å²) in [5, 5.41) is 19.7. The van der Waals surface area contributed by atoms with E-state index in [-0.39, 0.29) is 12.8 Å². The quantitative estimate of drug-likeness (QED) is 0.0131. The summed E-state index contributed by atoms with van der Waals surface area (Å²) < 4.78 is 47.5. The van der Waals surface area contributed by atoms with Crippen LogP contribution in [0.25, 0.3) is 0 Å². The van der Waals surface area contributed by atoms with Crippen LogP contribution in [0.5, 0.6) is 0 Å². The van der Waals surface area contributed by atoms with Crippen molar-refractivity contribution in [3.8, 4) is 0 Å². The molecule has 0 aromatic carbocycles. The molecule has 0 aliphatic rings. The highest BCUT2D eigenvalue weighted by Gasteiger charge is 2.28. The lowest BCUT2D eigenvalue weighted by molar-refractivity contribution is -0.161. The van der Waals surface area contributed by atoms with Gasteiger partial charge in [-0.05, 0) is 50.9 Å². The summed E-state index contributed by atoms with van der Waals surface area (Å²) in [4.78, 5) is 52.5. The fourth-order valence-electron chi connectivity index (χ4n) is 4.78. The van der Waals surface area contributed by atoms with Crippen LogP contribution in [-0.4, -0.2) is 81.6 Å². The van der Waals surface area contributed by atoms with Gasteiger partial charge in [0.25, 0.3) is 0 Å². The third-order valence-corrected chi connectivity index (χ3v) is 9.67. The lowest BCUT2D eigenvalue weighted by atomic mass is 10.00. The largest absolute Gasteiger partial charge is 0.472 e. The first-order valence-corrected chi connectivity index (χ1v) is 23.2. The van der Waals surface area contributed by atoms with Crippen molar-refractivity contribution in [3.63, 3.8) is 0 Å². The molecule has 0 saturated carbocycles. The number of phosphoric acid groups is 2. The Kier molecular flexibility index (Phi) is 33.9. The average molecular weight is 849 g/mol. The first-order valence-electron chi connectivity index (χ1n) is 20.1. The van der Waals surface area contributed by atoms with Crippen molar-refractivity contribution >= 4 is 27.6 Å². The molecule has 14 nitrogen and oxygen atoms in total. The van der Waals surface area contributed by atoms with Gasteiger partial charge in [0.1, 0.15) is 12.7 Å². The summed E-state index contributed by atoms with van der Waals surface area (Å²) >= 11 is 0. The molecule has 0 saturated heterocycles. The number of hydrogen-bond acceptors (Lipinski definition) is 11. The number of esters is 2. The minimum Gasteiger partial charge on any atom is -0.462 e. The van der Waals surface area contributed by atoms with Gasteiger partial charge < -0.3 is 34.4 Å². The van der Waals surface area contributed by atoms with E-state index >= 15 is 0 Å². The van der Waals surface area contributed by atoms with E-state index in [0.29, 0.717) is 32.1 Å². The molecule has 0 aliphatic carbocycles. The molecule has 0 spiro atoms. The number of rotatable bonds is 36. The summed E-state index contributed by atoms with van der Waals surface area (Å²) in [6.07, 6.45) is 32.6. The Hall–Kier alpha value is -2.48. The van der Waals surface area contributed by atoms with Crippen molar-refractivity contribution in [1.29, 1.82) is 0 Å². The number of aliphatic hydroxyl groups excluding tert-OH is 2. The van der Waals surface area contributed by atoms with Crippen molar-refractivity contribution in [2.45, 2.75) is 142 Å². The molecule has 5 N–H and O–H groups in total. The number of aliphatic hydroxyl groups is 2. The first-order chi connectivity index (χ1) is 27.2. The van der Waals surface area contributed by atoms with E-state index in [1.54, 1.807) is 6.08 Å². The Balaban J connectivity index is 4.76. The fraction of sp³-hybridized carbons (Fsp3) is 0.659. The second kappa shape index (κ2) is 35.5. The van der Waals surface area contributed by atoms with Crippen LogP contribution in [-0.2, 0) is 41.8 Å². The number of hydrogen-bond donors (Lipinski definition) is 5. The molecule has 0 amide bonds. The smallest absolute Gasteiger partial charge is 0.462 e. The van der Waals surface area contributed by atoms with E-state index < -0.39 is 72.3 Å². The van der Waals surface area contributed by atoms with E-state index in [1.807, 2.05) is 54.7 Å². The lowest BCUT2D eigenvalue weighted by Crippen LogP contribution is -2.29. The maximum Gasteiger partial charge on any atom is 0.472 e. The Bertz CT molecular complexity index is 1320. The fourth-order valence-corrected chi connectivity index (χ4v) is 5.94. The second-order valence-electron chi connectivity index (χ2n) is 13.6. The molecule has 0 bridgehead atoms. The number of phosphoric ester groups is 2. The zero-order valence-electron chi connectivity index (χ0n) is 34.2. The van der Waals surface area contributed by atoms with Crippen LogP contribution in [0.15, 0.2) is 72.9 Å². The highest BCUT2D eigenvalue weighted by molar-refractivity contribution is 7.47. The van der Waals surface area contributed by atoms with Crippen molar-refractivity contribution < 1.29 is 66.7 Å². The van der Waals surface area contributed by atoms with Gasteiger partial charge in [-0.15, -0.1) is 0 Å². The van der Waals surface area contributed by atoms with Gasteiger partial charge in [-0.3, -0.25) is 23.2 Å². The Labute approximate surface area is 340 Å². The third kappa shape index (κ3) is 38.8. The maximum atomic E-state index is 12.6. The molecule has 5 atom stereocenters. The van der Waals surface area contributed by atoms with Crippen molar-refractivity contribution in [2.24, 2.45) is 5.92 Å². The van der Waals surface area contributed by atoms with Gasteiger partial charge >= 0.3 is 27.6 Å². The van der Waals surface area contributed by atoms with Gasteiger partial charge in [0.2, 0.25) is 0 Å². The highest BCUT2D eigenvalue weighted by atomic mass is 31.2. The van der Waals surface area contributed by atoms with Gasteiger partial charge in [0, 0.05) is 12.8 Å². The molecule has 0 fully saturated rings. The van der Waals surface area contributed by atoms with E-state index in [2.05, 4.69) is 42.0 Å². The van der Waals surface area contributed by atoms with E-state index in [1.165, 1.54) is 19.3 Å². The zero-order valence-corrected chi connectivity index (χ0v) is 36.0. The van der Waals surface area contributed by atoms with Crippen molar-refractivity contribution in [1.82, 2.24) is 0 Å². The van der Waals surface area contributed by atoms with Crippen LogP contribution in [0.1, 0.15) is 124 Å². The molecule has 3 unspecified atom stereocenters. The van der Waals surface area contributed by atoms with E-state index in [4.69, 9.17) is 23.8 Å². The molecular weight excluding hydrogens is 778 g/mol. The average Bonchev–Trinajstić information content (AvgIpc) is 3.16. The molecule has 0 heterocycles. The SMILES string of the molecule is CC/C=C\C/C=C\CC(O)/C=C/C=C\C/C=C\C/C=C\CCC(=O)O[C@H](COC(=O)CCCCCCCCC(C)CC)COP(=O)(O)OC[C@@H](O)COP(=O)(O)O. The minimum absolute atomic E-state index is 0.0202. The summed E-state index contributed by atoms with van der Waals surface area (Å²) in [5.74, 6) is -0.432. The van der Waals surface area contributed by atoms with Crippen LogP contribution in [0.4, 0.5) is 0 Å². The number of ether oxygens (including phenoxy) is 2. The molecule has 0 radical (unpaired) electrons. The molecule has 0 aromatic rings. The van der Waals surface area contributed by atoms with Gasteiger partial charge in [-0.25, -0.2) is 9.13 Å². The van der Waals surface area contributed by atoms with Crippen LogP contribution >= 0.6 is 15.6 Å². The second-order valence-corrected chi connectivity index (χ2v) is 16.3. The minimum atomic E-state index is -4.88. The standard InChI is InChI=1S/C41H70O14P2/c1-4-6-7-8-18-23-28-37(42)29-24-19-13-11-9-10-12-14-21-26-31-41(45)55-39(35-54-57(49,50)53-33-38(43)32-52-56(46,47)48)34-51-40(44)30-25-20-16-15-17-22-27-36(3)5-2/h6-7,9-10,13-14,18-19,21,23-24,29,36-39,42-43H,4-5,8,11-12,15-17,20,22,25-28,30-35H2,1-3H3,(H,49,50)(H2,46,47,48)/b7-6-,10-9-,19-13-,21-14-,23-18-,29-24+/t36?,37?,38-,39+/m0/s1. The van der Waals surface area contributed by atoms with Gasteiger partial charge in [0.15, 0.2) is 6.10 Å². The molecule has 0 aromatic heterocycles. The maximum absolute atomic E-state index is 12.6. The van der Waals surface area contributed by atoms with Crippen molar-refractivity contribution in [3.05, 3.63) is 72.9 Å². The Morgan fingerprint density at radius 2 is 1.25 bits per heavy atom. The Morgan fingerprint density at radius 3 is 1.93 bits per heavy atom. The van der Waals surface area contributed by atoms with E-state index in [0.717, 1.165) is 44.4 Å². The summed E-state index contributed by atoms with van der Waals surface area (Å²) in [6.45, 7) is 3.69. The highest BCUT2D eigenvalue weighted by Crippen LogP contribution is 2.43. The molecule has 328 valence electrons. The molecule has 0 rings (SSSR count). The van der Waals surface area contributed by atoms with Gasteiger partial charge in [-0.1, -0.05) is 139 Å². The topological polar surface area (TPSA) is 216 Å². The van der Waals surface area contributed by atoms with Gasteiger partial charge in [0.05, 0.1) is 25.9 Å². The van der Waals surface area contributed by atoms with Crippen LogP contribution in [0.2, 0.25) is 0 Å². The molecular formula is C41H70O14P2. The molecule has 0 aliphatic heterocycles. The van der Waals surface area contributed by atoms with E-state index in [9.17, 15) is 33.8 Å². The number of unbranched alkanes of at least 4 members (excludes halogenated alkanes) is 5. The normalized spacial score (nSPS) is 16.0. The first kappa shape index (κ1) is 54.5. The zero-order chi connectivity index (χ0) is 42.6.